The first-order valence-corrected chi connectivity index (χ1v) is 6.44. The van der Waals surface area contributed by atoms with Crippen LogP contribution in [0.3, 0.4) is 0 Å². The molecule has 0 fully saturated rings. The van der Waals surface area contributed by atoms with E-state index < -0.39 is 12.1 Å². The van der Waals surface area contributed by atoms with Crippen molar-refractivity contribution in [3.8, 4) is 0 Å². The summed E-state index contributed by atoms with van der Waals surface area (Å²) in [5, 5.41) is 4.80. The molecule has 4 N–H and O–H groups in total. The fraction of sp³-hybridized carbons (Fsp3) is 0.727. The van der Waals surface area contributed by atoms with E-state index in [1.165, 1.54) is 0 Å². The molecule has 1 atom stereocenters. The lowest BCUT2D eigenvalue weighted by Gasteiger charge is -2.26. The fourth-order valence-corrected chi connectivity index (χ4v) is 1.56. The van der Waals surface area contributed by atoms with E-state index in [1.54, 1.807) is 13.8 Å². The van der Waals surface area contributed by atoms with Gasteiger partial charge in [0.2, 0.25) is 5.91 Å². The Morgan fingerprint density at radius 3 is 2.44 bits per heavy atom. The molecule has 0 spiro atoms. The topological polar surface area (TPSA) is 87.5 Å². The van der Waals surface area contributed by atoms with E-state index in [0.717, 1.165) is 0 Å². The quantitative estimate of drug-likeness (QED) is 0.578. The predicted molar refractivity (Wildman–Crippen MR) is 75.3 cm³/mol. The first-order chi connectivity index (χ1) is 8.42. The molecule has 0 rings (SSSR count). The number of hydrogen-bond donors (Lipinski definition) is 3. The molecule has 0 saturated heterocycles. The number of nitrogens with two attached hydrogens (primary N) is 1. The van der Waals surface area contributed by atoms with Crippen LogP contribution >= 0.6 is 12.2 Å². The summed E-state index contributed by atoms with van der Waals surface area (Å²) >= 11 is 4.80. The van der Waals surface area contributed by atoms with Gasteiger partial charge in [-0.2, -0.15) is 0 Å². The Labute approximate surface area is 113 Å². The number of rotatable bonds is 7. The summed E-state index contributed by atoms with van der Waals surface area (Å²) in [5.41, 5.74) is 5.43. The van der Waals surface area contributed by atoms with Gasteiger partial charge < -0.3 is 11.1 Å². The van der Waals surface area contributed by atoms with E-state index in [4.69, 9.17) is 18.0 Å². The maximum atomic E-state index is 11.8. The van der Waals surface area contributed by atoms with Gasteiger partial charge in [-0.05, 0) is 20.4 Å². The summed E-state index contributed by atoms with van der Waals surface area (Å²) in [7, 11) is 0. The van der Waals surface area contributed by atoms with E-state index in [9.17, 15) is 9.59 Å². The van der Waals surface area contributed by atoms with Crippen molar-refractivity contribution < 1.29 is 9.59 Å². The third-order valence-electron chi connectivity index (χ3n) is 2.55. The van der Waals surface area contributed by atoms with Crippen molar-refractivity contribution in [3.63, 3.8) is 0 Å². The van der Waals surface area contributed by atoms with Crippen LogP contribution in [-0.4, -0.2) is 47.5 Å². The molecule has 0 aromatic heterocycles. The molecule has 0 aromatic rings. The van der Waals surface area contributed by atoms with Gasteiger partial charge in [-0.3, -0.25) is 15.0 Å². The van der Waals surface area contributed by atoms with Gasteiger partial charge in [0.25, 0.3) is 0 Å². The van der Waals surface area contributed by atoms with Crippen molar-refractivity contribution in [3.05, 3.63) is 0 Å². The largest absolute Gasteiger partial charge is 0.393 e. The van der Waals surface area contributed by atoms with E-state index in [-0.39, 0.29) is 5.91 Å². The third-order valence-corrected chi connectivity index (χ3v) is 2.76. The first kappa shape index (κ1) is 16.8. The van der Waals surface area contributed by atoms with Crippen LogP contribution in [0.15, 0.2) is 0 Å². The number of carbonyl (C=O) groups excluding carboxylic acids is 2. The lowest BCUT2D eigenvalue weighted by atomic mass is 10.2. The molecule has 104 valence electrons. The minimum atomic E-state index is -0.472. The van der Waals surface area contributed by atoms with Crippen LogP contribution in [-0.2, 0) is 4.79 Å². The molecule has 0 radical (unpaired) electrons. The smallest absolute Gasteiger partial charge is 0.321 e. The Kier molecular flexibility index (Phi) is 8.23. The second-order valence-corrected chi connectivity index (χ2v) is 4.39. The monoisotopic (exact) mass is 274 g/mol. The third kappa shape index (κ3) is 6.51. The lowest BCUT2D eigenvalue weighted by Crippen LogP contribution is -2.50. The second-order valence-electron chi connectivity index (χ2n) is 3.87. The van der Waals surface area contributed by atoms with Crippen LogP contribution in [0.25, 0.3) is 0 Å². The minimum absolute atomic E-state index is 0.328. The fourth-order valence-electron chi connectivity index (χ4n) is 1.47. The van der Waals surface area contributed by atoms with Gasteiger partial charge in [-0.1, -0.05) is 19.1 Å². The number of nitrogens with zero attached hydrogens (tertiary/aromatic N) is 1. The Balaban J connectivity index is 4.30. The van der Waals surface area contributed by atoms with Crippen LogP contribution < -0.4 is 16.4 Å². The zero-order valence-electron chi connectivity index (χ0n) is 11.2. The molecule has 0 bridgehead atoms. The number of imide groups is 1. The number of carbonyl (C=O) groups is 2. The lowest BCUT2D eigenvalue weighted by molar-refractivity contribution is -0.124. The van der Waals surface area contributed by atoms with Gasteiger partial charge in [0, 0.05) is 19.5 Å². The van der Waals surface area contributed by atoms with Crippen LogP contribution in [0.2, 0.25) is 0 Å². The molecular weight excluding hydrogens is 252 g/mol. The highest BCUT2D eigenvalue weighted by atomic mass is 32.1. The Morgan fingerprint density at radius 2 is 2.00 bits per heavy atom. The van der Waals surface area contributed by atoms with Crippen molar-refractivity contribution in [2.45, 2.75) is 33.2 Å². The summed E-state index contributed by atoms with van der Waals surface area (Å²) in [6.45, 7) is 7.25. The maximum Gasteiger partial charge on any atom is 0.321 e. The predicted octanol–water partition coefficient (Wildman–Crippen LogP) is 0.219. The number of amides is 3. The molecule has 0 aliphatic carbocycles. The summed E-state index contributed by atoms with van der Waals surface area (Å²) in [4.78, 5) is 25.4. The van der Waals surface area contributed by atoms with E-state index in [2.05, 4.69) is 10.6 Å². The van der Waals surface area contributed by atoms with Gasteiger partial charge in [0.15, 0.2) is 0 Å². The summed E-state index contributed by atoms with van der Waals surface area (Å²) < 4.78 is 0. The Morgan fingerprint density at radius 1 is 1.39 bits per heavy atom. The van der Waals surface area contributed by atoms with Crippen LogP contribution in [0.4, 0.5) is 4.79 Å². The molecule has 7 heteroatoms. The molecule has 3 amide bonds. The zero-order valence-corrected chi connectivity index (χ0v) is 12.0. The zero-order chi connectivity index (χ0) is 14.1. The van der Waals surface area contributed by atoms with Gasteiger partial charge in [0.1, 0.15) is 0 Å². The first-order valence-electron chi connectivity index (χ1n) is 6.03. The van der Waals surface area contributed by atoms with E-state index >= 15 is 0 Å². The second kappa shape index (κ2) is 8.82. The van der Waals surface area contributed by atoms with Crippen LogP contribution in [0.1, 0.15) is 27.2 Å². The number of likely N-dealkylation sites (N-methyl/N-ethyl adjacent to an activating group) is 1. The molecular formula is C11H22N4O2S. The average Bonchev–Trinajstić information content (AvgIpc) is 2.29. The summed E-state index contributed by atoms with van der Waals surface area (Å²) in [6.07, 6.45) is 0.557. The van der Waals surface area contributed by atoms with Gasteiger partial charge in [0.05, 0.1) is 11.0 Å². The highest BCUT2D eigenvalue weighted by molar-refractivity contribution is 7.80. The van der Waals surface area contributed by atoms with Gasteiger partial charge >= 0.3 is 6.03 Å². The van der Waals surface area contributed by atoms with Gasteiger partial charge in [-0.15, -0.1) is 0 Å². The molecule has 0 aliphatic heterocycles. The van der Waals surface area contributed by atoms with E-state index in [0.29, 0.717) is 31.0 Å². The SMILES string of the molecule is CCNC(=O)NC(=O)C(C)N(CC)CCC(N)=S. The van der Waals surface area contributed by atoms with Crippen molar-refractivity contribution >= 4 is 29.1 Å². The highest BCUT2D eigenvalue weighted by Gasteiger charge is 2.21. The van der Waals surface area contributed by atoms with Crippen molar-refractivity contribution in [1.29, 1.82) is 0 Å². The van der Waals surface area contributed by atoms with E-state index in [1.807, 2.05) is 11.8 Å². The molecule has 0 aliphatic rings. The standard InChI is InChI=1S/C11H22N4O2S/c1-4-13-11(17)14-10(16)8(3)15(5-2)7-6-9(12)18/h8H,4-7H2,1-3H3,(H2,12,18)(H2,13,14,16,17). The van der Waals surface area contributed by atoms with Crippen molar-refractivity contribution in [1.82, 2.24) is 15.5 Å². The highest BCUT2D eigenvalue weighted by Crippen LogP contribution is 2.00. The molecule has 0 heterocycles. The van der Waals surface area contributed by atoms with Crippen LogP contribution in [0.5, 0.6) is 0 Å². The Bertz CT molecular complexity index is 309. The number of nitrogens with one attached hydrogen (secondary N) is 2. The van der Waals surface area contributed by atoms with Crippen LogP contribution in [0, 0.1) is 0 Å². The number of urea groups is 1. The van der Waals surface area contributed by atoms with Gasteiger partial charge in [-0.25, -0.2) is 4.79 Å². The van der Waals surface area contributed by atoms with Crippen molar-refractivity contribution in [2.75, 3.05) is 19.6 Å². The summed E-state index contributed by atoms with van der Waals surface area (Å²) in [5.74, 6) is -0.328. The molecule has 1 unspecified atom stereocenters. The Hall–Kier alpha value is -1.21. The molecule has 18 heavy (non-hydrogen) atoms. The van der Waals surface area contributed by atoms with Crippen molar-refractivity contribution in [2.24, 2.45) is 5.73 Å². The number of thiocarbonyl (C=S) groups is 1. The summed E-state index contributed by atoms with van der Waals surface area (Å²) in [6, 6.07) is -0.869. The molecule has 0 aromatic carbocycles. The normalized spacial score (nSPS) is 12.0. The maximum absolute atomic E-state index is 11.8. The number of hydrogen-bond acceptors (Lipinski definition) is 4. The minimum Gasteiger partial charge on any atom is -0.393 e. The molecule has 0 saturated carbocycles. The molecule has 6 nitrogen and oxygen atoms in total. The average molecular weight is 274 g/mol.